The van der Waals surface area contributed by atoms with Crippen LogP contribution < -0.4 is 19.7 Å². The standard InChI is InChI=1S/C26H27N5O6/c1-34-12-11-30(19-7-8-21(35-2)22(13-19)36-3)25(32)18-6-10-24-28-15-20(31(24)16-18)17-5-9-23(27-14-17)29-26(33)37-4/h5-10,13-16H,11-12H2,1-4H3,(H,27,29,33). The Kier molecular flexibility index (Phi) is 7.84. The fourth-order valence-corrected chi connectivity index (χ4v) is 3.77. The number of imidazole rings is 1. The van der Waals surface area contributed by atoms with Crippen molar-refractivity contribution in [1.82, 2.24) is 14.4 Å². The first kappa shape index (κ1) is 25.5. The van der Waals surface area contributed by atoms with Crippen LogP contribution in [-0.4, -0.2) is 68.0 Å². The van der Waals surface area contributed by atoms with Gasteiger partial charge in [-0.3, -0.25) is 14.5 Å². The Morgan fingerprint density at radius 2 is 1.76 bits per heavy atom. The number of benzene rings is 1. The molecule has 3 heterocycles. The molecule has 3 aromatic heterocycles. The molecule has 2 amide bonds. The molecule has 11 nitrogen and oxygen atoms in total. The van der Waals surface area contributed by atoms with Gasteiger partial charge in [-0.05, 0) is 36.4 Å². The highest BCUT2D eigenvalue weighted by molar-refractivity contribution is 6.06. The largest absolute Gasteiger partial charge is 0.493 e. The number of nitrogens with one attached hydrogen (secondary N) is 1. The van der Waals surface area contributed by atoms with Gasteiger partial charge < -0.3 is 23.8 Å². The average molecular weight is 506 g/mol. The van der Waals surface area contributed by atoms with E-state index in [0.29, 0.717) is 47.4 Å². The molecule has 11 heteroatoms. The van der Waals surface area contributed by atoms with Crippen LogP contribution in [-0.2, 0) is 9.47 Å². The second-order valence-corrected chi connectivity index (χ2v) is 7.83. The minimum Gasteiger partial charge on any atom is -0.493 e. The molecule has 0 fully saturated rings. The van der Waals surface area contributed by atoms with Gasteiger partial charge in [-0.2, -0.15) is 0 Å². The van der Waals surface area contributed by atoms with Crippen LogP contribution in [0, 0.1) is 0 Å². The van der Waals surface area contributed by atoms with Gasteiger partial charge in [-0.1, -0.05) is 0 Å². The van der Waals surface area contributed by atoms with Crippen molar-refractivity contribution < 1.29 is 28.5 Å². The van der Waals surface area contributed by atoms with Crippen LogP contribution >= 0.6 is 0 Å². The highest BCUT2D eigenvalue weighted by Crippen LogP contribution is 2.32. The molecule has 0 bridgehead atoms. The Hall–Kier alpha value is -4.64. The summed E-state index contributed by atoms with van der Waals surface area (Å²) < 4.78 is 22.4. The number of methoxy groups -OCH3 is 4. The van der Waals surface area contributed by atoms with Crippen molar-refractivity contribution in [2.24, 2.45) is 0 Å². The summed E-state index contributed by atoms with van der Waals surface area (Å²) in [7, 11) is 5.97. The summed E-state index contributed by atoms with van der Waals surface area (Å²) in [5.41, 5.74) is 3.25. The molecule has 0 unspecified atom stereocenters. The predicted molar refractivity (Wildman–Crippen MR) is 138 cm³/mol. The first-order chi connectivity index (χ1) is 18.0. The Morgan fingerprint density at radius 1 is 0.946 bits per heavy atom. The zero-order chi connectivity index (χ0) is 26.4. The number of carbonyl (C=O) groups excluding carboxylic acids is 2. The SMILES string of the molecule is COCCN(C(=O)c1ccc2ncc(-c3ccc(NC(=O)OC)nc3)n2c1)c1ccc(OC)c(OC)c1. The van der Waals surface area contributed by atoms with E-state index in [1.54, 1.807) is 87.3 Å². The highest BCUT2D eigenvalue weighted by Gasteiger charge is 2.21. The maximum Gasteiger partial charge on any atom is 0.412 e. The number of carbonyl (C=O) groups is 2. The Labute approximate surface area is 213 Å². The third-order valence-corrected chi connectivity index (χ3v) is 5.67. The Bertz CT molecular complexity index is 1400. The summed E-state index contributed by atoms with van der Waals surface area (Å²) in [6, 6.07) is 12.3. The number of amides is 2. The number of fused-ring (bicyclic) bond motifs is 1. The maximum absolute atomic E-state index is 13.7. The van der Waals surface area contributed by atoms with Gasteiger partial charge in [-0.25, -0.2) is 14.8 Å². The molecular weight excluding hydrogens is 478 g/mol. The molecule has 0 radical (unpaired) electrons. The lowest BCUT2D eigenvalue weighted by Gasteiger charge is -2.24. The van der Waals surface area contributed by atoms with Gasteiger partial charge in [0.1, 0.15) is 11.5 Å². The minimum atomic E-state index is -0.606. The number of nitrogens with zero attached hydrogens (tertiary/aromatic N) is 4. The third-order valence-electron chi connectivity index (χ3n) is 5.67. The van der Waals surface area contributed by atoms with Gasteiger partial charge in [-0.15, -0.1) is 0 Å². The highest BCUT2D eigenvalue weighted by atomic mass is 16.5. The van der Waals surface area contributed by atoms with Crippen LogP contribution in [0.2, 0.25) is 0 Å². The van der Waals surface area contributed by atoms with Gasteiger partial charge in [0.2, 0.25) is 0 Å². The van der Waals surface area contributed by atoms with Crippen molar-refractivity contribution in [1.29, 1.82) is 0 Å². The van der Waals surface area contributed by atoms with E-state index in [1.165, 1.54) is 7.11 Å². The van der Waals surface area contributed by atoms with Gasteiger partial charge >= 0.3 is 6.09 Å². The summed E-state index contributed by atoms with van der Waals surface area (Å²) in [6.45, 7) is 0.675. The molecule has 192 valence electrons. The summed E-state index contributed by atoms with van der Waals surface area (Å²) in [4.78, 5) is 35.4. The van der Waals surface area contributed by atoms with E-state index < -0.39 is 6.09 Å². The Morgan fingerprint density at radius 3 is 2.43 bits per heavy atom. The van der Waals surface area contributed by atoms with E-state index in [9.17, 15) is 9.59 Å². The first-order valence-corrected chi connectivity index (χ1v) is 11.3. The van der Waals surface area contributed by atoms with Crippen LogP contribution in [0.5, 0.6) is 11.5 Å². The number of anilines is 2. The molecule has 0 spiro atoms. The van der Waals surface area contributed by atoms with E-state index in [-0.39, 0.29) is 5.91 Å². The lowest BCUT2D eigenvalue weighted by Crippen LogP contribution is -2.34. The number of hydrogen-bond donors (Lipinski definition) is 1. The van der Waals surface area contributed by atoms with E-state index in [1.807, 2.05) is 4.40 Å². The number of hydrogen-bond acceptors (Lipinski definition) is 8. The number of pyridine rings is 2. The molecule has 0 saturated carbocycles. The van der Waals surface area contributed by atoms with E-state index in [2.05, 4.69) is 20.0 Å². The minimum absolute atomic E-state index is 0.221. The fourth-order valence-electron chi connectivity index (χ4n) is 3.77. The second-order valence-electron chi connectivity index (χ2n) is 7.83. The van der Waals surface area contributed by atoms with Gasteiger partial charge in [0.15, 0.2) is 11.5 Å². The Balaban J connectivity index is 1.68. The average Bonchev–Trinajstić information content (AvgIpc) is 3.36. The van der Waals surface area contributed by atoms with Crippen molar-refractivity contribution >= 4 is 29.2 Å². The molecular formula is C26H27N5O6. The third kappa shape index (κ3) is 5.46. The zero-order valence-corrected chi connectivity index (χ0v) is 20.9. The number of aromatic nitrogens is 3. The van der Waals surface area contributed by atoms with Crippen LogP contribution in [0.4, 0.5) is 16.3 Å². The van der Waals surface area contributed by atoms with E-state index in [0.717, 1.165) is 11.3 Å². The monoisotopic (exact) mass is 505 g/mol. The van der Waals surface area contributed by atoms with Crippen molar-refractivity contribution in [2.75, 3.05) is 51.8 Å². The second kappa shape index (κ2) is 11.4. The van der Waals surface area contributed by atoms with E-state index in [4.69, 9.17) is 14.2 Å². The zero-order valence-electron chi connectivity index (χ0n) is 20.9. The topological polar surface area (TPSA) is 117 Å². The van der Waals surface area contributed by atoms with Crippen molar-refractivity contribution in [3.8, 4) is 22.8 Å². The lowest BCUT2D eigenvalue weighted by atomic mass is 10.2. The predicted octanol–water partition coefficient (Wildman–Crippen LogP) is 3.89. The fraction of sp³-hybridized carbons (Fsp3) is 0.231. The molecule has 0 aliphatic carbocycles. The molecule has 0 aliphatic rings. The van der Waals surface area contributed by atoms with Crippen LogP contribution in [0.15, 0.2) is 61.1 Å². The number of ether oxygens (including phenoxy) is 4. The molecule has 1 N–H and O–H groups in total. The molecule has 4 rings (SSSR count). The molecule has 0 saturated heterocycles. The van der Waals surface area contributed by atoms with Gasteiger partial charge in [0, 0.05) is 43.4 Å². The molecule has 37 heavy (non-hydrogen) atoms. The smallest absolute Gasteiger partial charge is 0.412 e. The quantitative estimate of drug-likeness (QED) is 0.364. The summed E-state index contributed by atoms with van der Waals surface area (Å²) >= 11 is 0. The summed E-state index contributed by atoms with van der Waals surface area (Å²) in [5, 5.41) is 2.51. The van der Waals surface area contributed by atoms with Gasteiger partial charge in [0.25, 0.3) is 5.91 Å². The van der Waals surface area contributed by atoms with Crippen LogP contribution in [0.3, 0.4) is 0 Å². The van der Waals surface area contributed by atoms with Crippen molar-refractivity contribution in [2.45, 2.75) is 0 Å². The summed E-state index contributed by atoms with van der Waals surface area (Å²) in [6.07, 6.45) is 4.44. The van der Waals surface area contributed by atoms with Crippen LogP contribution in [0.1, 0.15) is 10.4 Å². The normalized spacial score (nSPS) is 10.7. The molecule has 0 atom stereocenters. The van der Waals surface area contributed by atoms with Gasteiger partial charge in [0.05, 0.1) is 45.4 Å². The first-order valence-electron chi connectivity index (χ1n) is 11.3. The van der Waals surface area contributed by atoms with Crippen molar-refractivity contribution in [3.05, 3.63) is 66.6 Å². The van der Waals surface area contributed by atoms with Crippen molar-refractivity contribution in [3.63, 3.8) is 0 Å². The molecule has 4 aromatic rings. The number of rotatable bonds is 9. The maximum atomic E-state index is 13.7. The molecule has 1 aromatic carbocycles. The van der Waals surface area contributed by atoms with Crippen LogP contribution in [0.25, 0.3) is 16.9 Å². The molecule has 0 aliphatic heterocycles. The van der Waals surface area contributed by atoms with E-state index >= 15 is 0 Å². The summed E-state index contributed by atoms with van der Waals surface area (Å²) in [5.74, 6) is 1.21. The lowest BCUT2D eigenvalue weighted by molar-refractivity contribution is 0.0975.